The van der Waals surface area contributed by atoms with Gasteiger partial charge in [0, 0.05) is 19.1 Å². The number of rotatable bonds is 2. The van der Waals surface area contributed by atoms with Gasteiger partial charge >= 0.3 is 0 Å². The van der Waals surface area contributed by atoms with E-state index in [9.17, 15) is 4.79 Å². The fourth-order valence-electron chi connectivity index (χ4n) is 1.43. The molecule has 1 amide bonds. The molecule has 1 fully saturated rings. The molecule has 0 aromatic carbocycles. The molecule has 0 aromatic rings. The molecular weight excluding hydrogens is 142 g/mol. The molecule has 0 spiro atoms. The van der Waals surface area contributed by atoms with Crippen molar-refractivity contribution in [3.8, 4) is 0 Å². The van der Waals surface area contributed by atoms with Crippen LogP contribution in [0.5, 0.6) is 0 Å². The Bertz CT molecular complexity index is 136. The molecule has 1 saturated heterocycles. The van der Waals surface area contributed by atoms with Crippen LogP contribution in [0.2, 0.25) is 0 Å². The van der Waals surface area contributed by atoms with E-state index in [0.717, 1.165) is 25.8 Å². The molecule has 3 nitrogen and oxygen atoms in total. The number of carbonyl (C=O) groups excluding carboxylic acids is 1. The summed E-state index contributed by atoms with van der Waals surface area (Å²) in [5, 5.41) is 11.5. The van der Waals surface area contributed by atoms with Gasteiger partial charge < -0.3 is 10.4 Å². The maximum Gasteiger partial charge on any atom is 0.223 e. The smallest absolute Gasteiger partial charge is 0.223 e. The molecule has 0 saturated carbocycles. The molecule has 0 aliphatic carbocycles. The number of hydrogen-bond acceptors (Lipinski definition) is 2. The van der Waals surface area contributed by atoms with Gasteiger partial charge in [0.15, 0.2) is 0 Å². The second-order valence-electron chi connectivity index (χ2n) is 3.00. The first-order valence-corrected chi connectivity index (χ1v) is 4.23. The molecule has 64 valence electrons. The van der Waals surface area contributed by atoms with Crippen LogP contribution in [0.15, 0.2) is 0 Å². The first-order chi connectivity index (χ1) is 5.34. The van der Waals surface area contributed by atoms with Crippen LogP contribution in [0, 0.1) is 5.92 Å². The minimum Gasteiger partial charge on any atom is -0.396 e. The quantitative estimate of drug-likeness (QED) is 0.605. The molecule has 1 rings (SSSR count). The zero-order valence-electron chi connectivity index (χ0n) is 6.68. The summed E-state index contributed by atoms with van der Waals surface area (Å²) in [6, 6.07) is 0. The zero-order chi connectivity index (χ0) is 8.10. The molecule has 0 radical (unpaired) electrons. The molecule has 11 heavy (non-hydrogen) atoms. The summed E-state index contributed by atoms with van der Waals surface area (Å²) < 4.78 is 0. The van der Waals surface area contributed by atoms with Gasteiger partial charge in [-0.3, -0.25) is 4.79 Å². The third-order valence-electron chi connectivity index (χ3n) is 2.13. The summed E-state index contributed by atoms with van der Waals surface area (Å²) in [6.07, 6.45) is 3.73. The summed E-state index contributed by atoms with van der Waals surface area (Å²) in [6.45, 7) is 0.929. The lowest BCUT2D eigenvalue weighted by Crippen LogP contribution is -2.29. The average Bonchev–Trinajstić information content (AvgIpc) is 2.18. The predicted octanol–water partition coefficient (Wildman–Crippen LogP) is 0.285. The van der Waals surface area contributed by atoms with Crippen LogP contribution in [-0.4, -0.2) is 24.2 Å². The van der Waals surface area contributed by atoms with Gasteiger partial charge in [0.05, 0.1) is 0 Å². The third kappa shape index (κ3) is 2.50. The van der Waals surface area contributed by atoms with Crippen molar-refractivity contribution < 1.29 is 9.90 Å². The molecule has 0 bridgehead atoms. The van der Waals surface area contributed by atoms with Crippen molar-refractivity contribution in [1.29, 1.82) is 0 Å². The molecule has 1 unspecified atom stereocenters. The molecule has 3 heteroatoms. The second-order valence-corrected chi connectivity index (χ2v) is 3.00. The minimum atomic E-state index is 0.0579. The Kier molecular flexibility index (Phi) is 3.36. The first kappa shape index (κ1) is 8.53. The van der Waals surface area contributed by atoms with Crippen LogP contribution in [-0.2, 0) is 4.79 Å². The predicted molar refractivity (Wildman–Crippen MR) is 42.1 cm³/mol. The van der Waals surface area contributed by atoms with Gasteiger partial charge in [-0.1, -0.05) is 6.42 Å². The van der Waals surface area contributed by atoms with Crippen LogP contribution >= 0.6 is 0 Å². The molecule has 1 heterocycles. The topological polar surface area (TPSA) is 49.3 Å². The van der Waals surface area contributed by atoms with Gasteiger partial charge in [0.2, 0.25) is 5.91 Å². The van der Waals surface area contributed by atoms with Crippen LogP contribution < -0.4 is 5.32 Å². The van der Waals surface area contributed by atoms with E-state index in [4.69, 9.17) is 5.11 Å². The standard InChI is InChI=1S/C8H15NO2/c10-6-4-7-3-1-2-5-9-8(7)11/h7,10H,1-6H2,(H,9,11). The van der Waals surface area contributed by atoms with Gasteiger partial charge in [-0.05, 0) is 19.3 Å². The van der Waals surface area contributed by atoms with Crippen molar-refractivity contribution in [3.63, 3.8) is 0 Å². The van der Waals surface area contributed by atoms with Crippen molar-refractivity contribution in [2.75, 3.05) is 13.2 Å². The van der Waals surface area contributed by atoms with E-state index >= 15 is 0 Å². The van der Waals surface area contributed by atoms with E-state index in [0.29, 0.717) is 6.42 Å². The van der Waals surface area contributed by atoms with Crippen LogP contribution in [0.25, 0.3) is 0 Å². The van der Waals surface area contributed by atoms with Gasteiger partial charge in [-0.15, -0.1) is 0 Å². The fraction of sp³-hybridized carbons (Fsp3) is 0.875. The Hall–Kier alpha value is -0.570. The monoisotopic (exact) mass is 157 g/mol. The van der Waals surface area contributed by atoms with Crippen molar-refractivity contribution in [1.82, 2.24) is 5.32 Å². The number of amides is 1. The van der Waals surface area contributed by atoms with Gasteiger partial charge in [-0.25, -0.2) is 0 Å². The highest BCUT2D eigenvalue weighted by molar-refractivity contribution is 5.78. The first-order valence-electron chi connectivity index (χ1n) is 4.23. The minimum absolute atomic E-state index is 0.0579. The largest absolute Gasteiger partial charge is 0.396 e. The summed E-state index contributed by atoms with van der Waals surface area (Å²) in [7, 11) is 0. The van der Waals surface area contributed by atoms with E-state index in [1.807, 2.05) is 0 Å². The lowest BCUT2D eigenvalue weighted by molar-refractivity contribution is -0.125. The Labute approximate surface area is 66.8 Å². The number of aliphatic hydroxyl groups excluding tert-OH is 1. The lowest BCUT2D eigenvalue weighted by atomic mass is 10.00. The highest BCUT2D eigenvalue weighted by Crippen LogP contribution is 2.15. The van der Waals surface area contributed by atoms with E-state index in [2.05, 4.69) is 5.32 Å². The maximum absolute atomic E-state index is 11.2. The Morgan fingerprint density at radius 3 is 3.09 bits per heavy atom. The Morgan fingerprint density at radius 1 is 1.55 bits per heavy atom. The number of nitrogens with one attached hydrogen (secondary N) is 1. The lowest BCUT2D eigenvalue weighted by Gasteiger charge is -2.09. The van der Waals surface area contributed by atoms with Crippen LogP contribution in [0.3, 0.4) is 0 Å². The SMILES string of the molecule is O=C1NCCCCC1CCO. The van der Waals surface area contributed by atoms with Crippen molar-refractivity contribution in [3.05, 3.63) is 0 Å². The van der Waals surface area contributed by atoms with Crippen molar-refractivity contribution in [2.45, 2.75) is 25.7 Å². The third-order valence-corrected chi connectivity index (χ3v) is 2.13. The highest BCUT2D eigenvalue weighted by Gasteiger charge is 2.19. The molecular formula is C8H15NO2. The van der Waals surface area contributed by atoms with Gasteiger partial charge in [0.1, 0.15) is 0 Å². The number of hydrogen-bond donors (Lipinski definition) is 2. The molecule has 2 N–H and O–H groups in total. The van der Waals surface area contributed by atoms with Gasteiger partial charge in [-0.2, -0.15) is 0 Å². The molecule has 0 aromatic heterocycles. The molecule has 1 aliphatic rings. The van der Waals surface area contributed by atoms with E-state index < -0.39 is 0 Å². The summed E-state index contributed by atoms with van der Waals surface area (Å²) in [5.41, 5.74) is 0. The number of carbonyl (C=O) groups is 1. The summed E-state index contributed by atoms with van der Waals surface area (Å²) in [4.78, 5) is 11.2. The summed E-state index contributed by atoms with van der Waals surface area (Å²) >= 11 is 0. The molecule has 1 atom stereocenters. The van der Waals surface area contributed by atoms with Crippen molar-refractivity contribution >= 4 is 5.91 Å². The number of aliphatic hydroxyl groups is 1. The van der Waals surface area contributed by atoms with E-state index in [-0.39, 0.29) is 18.4 Å². The van der Waals surface area contributed by atoms with Crippen molar-refractivity contribution in [2.24, 2.45) is 5.92 Å². The molecule has 1 aliphatic heterocycles. The van der Waals surface area contributed by atoms with E-state index in [1.54, 1.807) is 0 Å². The van der Waals surface area contributed by atoms with Crippen LogP contribution in [0.4, 0.5) is 0 Å². The Morgan fingerprint density at radius 2 is 2.36 bits per heavy atom. The zero-order valence-corrected chi connectivity index (χ0v) is 6.68. The Balaban J connectivity index is 2.39. The van der Waals surface area contributed by atoms with Crippen LogP contribution in [0.1, 0.15) is 25.7 Å². The summed E-state index contributed by atoms with van der Waals surface area (Å²) in [5.74, 6) is 0.180. The average molecular weight is 157 g/mol. The second kappa shape index (κ2) is 4.34. The van der Waals surface area contributed by atoms with Gasteiger partial charge in [0.25, 0.3) is 0 Å². The highest BCUT2D eigenvalue weighted by atomic mass is 16.3. The fourth-order valence-corrected chi connectivity index (χ4v) is 1.43. The van der Waals surface area contributed by atoms with E-state index in [1.165, 1.54) is 0 Å². The maximum atomic E-state index is 11.2. The normalized spacial score (nSPS) is 25.9.